The maximum Gasteiger partial charge on any atom is 0.164 e. The van der Waals surface area contributed by atoms with E-state index in [4.69, 9.17) is 0 Å². The van der Waals surface area contributed by atoms with Crippen LogP contribution in [0.15, 0.2) is 24.3 Å². The number of carbonyl (C=O) groups is 1. The van der Waals surface area contributed by atoms with Gasteiger partial charge < -0.3 is 0 Å². The predicted octanol–water partition coefficient (Wildman–Crippen LogP) is 0.925. The largest absolute Gasteiger partial charge is 0.294 e. The Kier molecular flexibility index (Phi) is 1.92. The van der Waals surface area contributed by atoms with Gasteiger partial charge in [-0.25, -0.2) is 8.42 Å². The van der Waals surface area contributed by atoms with Crippen LogP contribution in [0.3, 0.4) is 0 Å². The summed E-state index contributed by atoms with van der Waals surface area (Å²) >= 11 is 0. The molecule has 0 heterocycles. The molecule has 0 bridgehead atoms. The number of hydrogen-bond donors (Lipinski definition) is 1. The highest BCUT2D eigenvalue weighted by Crippen LogP contribution is 2.32. The van der Waals surface area contributed by atoms with E-state index < -0.39 is 16.0 Å². The van der Waals surface area contributed by atoms with Gasteiger partial charge in [0.25, 0.3) is 0 Å². The van der Waals surface area contributed by atoms with Crippen LogP contribution in [0.25, 0.3) is 0 Å². The van der Waals surface area contributed by atoms with E-state index in [2.05, 4.69) is 0 Å². The van der Waals surface area contributed by atoms with Gasteiger partial charge in [0, 0.05) is 12.0 Å². The van der Waals surface area contributed by atoms with Crippen molar-refractivity contribution in [2.45, 2.75) is 11.7 Å². The molecule has 1 aromatic rings. The van der Waals surface area contributed by atoms with E-state index in [-0.39, 0.29) is 12.2 Å². The molecule has 0 aromatic heterocycles. The molecule has 4 heteroatoms. The summed E-state index contributed by atoms with van der Waals surface area (Å²) in [6, 6.07) is 6.88. The van der Waals surface area contributed by atoms with Crippen LogP contribution in [0.2, 0.25) is 0 Å². The van der Waals surface area contributed by atoms with Crippen molar-refractivity contribution in [3.8, 4) is 0 Å². The van der Waals surface area contributed by atoms with Gasteiger partial charge in [-0.05, 0) is 5.56 Å². The number of ketones is 1. The monoisotopic (exact) mass is 196 g/mol. The normalized spacial score (nSPS) is 20.7. The van der Waals surface area contributed by atoms with Gasteiger partial charge in [0.05, 0.1) is 5.25 Å². The minimum absolute atomic E-state index is 0.0696. The summed E-state index contributed by atoms with van der Waals surface area (Å²) in [5.41, 5.74) is 1.22. The smallest absolute Gasteiger partial charge is 0.164 e. The Morgan fingerprint density at radius 3 is 2.62 bits per heavy atom. The highest BCUT2D eigenvalue weighted by atomic mass is 32.2. The molecule has 1 aliphatic rings. The number of rotatable bonds is 1. The summed E-state index contributed by atoms with van der Waals surface area (Å²) in [4.78, 5) is 11.3. The average molecular weight is 196 g/mol. The summed E-state index contributed by atoms with van der Waals surface area (Å²) in [5, 5.41) is -0.598. The standard InChI is InChI=1S/C9H8O3S/c10-8-5-9(13(11)12)7-4-2-1-3-6(7)8/h1-4,9,13H,5H2. The van der Waals surface area contributed by atoms with Crippen LogP contribution >= 0.6 is 0 Å². The fraction of sp³-hybridized carbons (Fsp3) is 0.222. The van der Waals surface area contributed by atoms with E-state index in [1.807, 2.05) is 0 Å². The molecule has 3 nitrogen and oxygen atoms in total. The third-order valence-corrected chi connectivity index (χ3v) is 3.22. The van der Waals surface area contributed by atoms with Crippen LogP contribution in [-0.2, 0) is 10.7 Å². The Morgan fingerprint density at radius 1 is 1.23 bits per heavy atom. The lowest BCUT2D eigenvalue weighted by atomic mass is 10.1. The molecule has 1 aromatic carbocycles. The number of carbonyl (C=O) groups excluding carboxylic acids is 1. The average Bonchev–Trinajstić information content (AvgIpc) is 2.45. The second-order valence-electron chi connectivity index (χ2n) is 3.02. The van der Waals surface area contributed by atoms with Gasteiger partial charge in [0.15, 0.2) is 5.78 Å². The van der Waals surface area contributed by atoms with Crippen LogP contribution in [0.1, 0.15) is 27.6 Å². The maximum atomic E-state index is 11.3. The zero-order chi connectivity index (χ0) is 9.42. The summed E-state index contributed by atoms with van der Waals surface area (Å²) < 4.78 is 21.6. The van der Waals surface area contributed by atoms with Crippen molar-refractivity contribution >= 4 is 16.5 Å². The van der Waals surface area contributed by atoms with Crippen molar-refractivity contribution in [2.24, 2.45) is 0 Å². The first-order valence-corrected chi connectivity index (χ1v) is 5.20. The second-order valence-corrected chi connectivity index (χ2v) is 4.21. The van der Waals surface area contributed by atoms with Crippen LogP contribution in [0, 0.1) is 0 Å². The zero-order valence-electron chi connectivity index (χ0n) is 6.77. The predicted molar refractivity (Wildman–Crippen MR) is 48.4 cm³/mol. The van der Waals surface area contributed by atoms with Gasteiger partial charge in [-0.3, -0.25) is 4.79 Å². The van der Waals surface area contributed by atoms with Crippen molar-refractivity contribution in [2.75, 3.05) is 0 Å². The SMILES string of the molecule is O=C1CC([SH](=O)=O)c2ccccc21. The van der Waals surface area contributed by atoms with Crippen LogP contribution in [0.4, 0.5) is 0 Å². The van der Waals surface area contributed by atoms with E-state index in [1.54, 1.807) is 24.3 Å². The summed E-state index contributed by atoms with van der Waals surface area (Å²) in [7, 11) is -2.54. The van der Waals surface area contributed by atoms with Gasteiger partial charge in [0.2, 0.25) is 0 Å². The lowest BCUT2D eigenvalue weighted by Gasteiger charge is -1.99. The van der Waals surface area contributed by atoms with E-state index in [0.717, 1.165) is 0 Å². The first-order chi connectivity index (χ1) is 6.20. The number of benzene rings is 1. The molecular weight excluding hydrogens is 188 g/mol. The van der Waals surface area contributed by atoms with Gasteiger partial charge in [0.1, 0.15) is 10.7 Å². The van der Waals surface area contributed by atoms with Gasteiger partial charge in [-0.15, -0.1) is 0 Å². The van der Waals surface area contributed by atoms with E-state index in [1.165, 1.54) is 0 Å². The number of Topliss-reactive ketones (excluding diaryl/α,β-unsaturated/α-hetero) is 1. The van der Waals surface area contributed by atoms with E-state index >= 15 is 0 Å². The Balaban J connectivity index is 2.59. The second kappa shape index (κ2) is 2.96. The molecule has 1 aliphatic carbocycles. The van der Waals surface area contributed by atoms with Crippen molar-refractivity contribution < 1.29 is 13.2 Å². The Morgan fingerprint density at radius 2 is 1.92 bits per heavy atom. The molecule has 0 saturated heterocycles. The molecule has 68 valence electrons. The van der Waals surface area contributed by atoms with Crippen LogP contribution in [0.5, 0.6) is 0 Å². The van der Waals surface area contributed by atoms with Crippen molar-refractivity contribution in [3.05, 3.63) is 35.4 Å². The lowest BCUT2D eigenvalue weighted by molar-refractivity contribution is 0.0993. The quantitative estimate of drug-likeness (QED) is 0.680. The highest BCUT2D eigenvalue weighted by Gasteiger charge is 2.30. The maximum absolute atomic E-state index is 11.3. The van der Waals surface area contributed by atoms with Crippen molar-refractivity contribution in [3.63, 3.8) is 0 Å². The summed E-state index contributed by atoms with van der Waals surface area (Å²) in [6.07, 6.45) is 0.109. The molecule has 0 saturated carbocycles. The Hall–Kier alpha value is -1.16. The molecule has 0 aliphatic heterocycles. The fourth-order valence-corrected chi connectivity index (χ4v) is 2.39. The number of fused-ring (bicyclic) bond motifs is 1. The number of thiol groups is 1. The van der Waals surface area contributed by atoms with Crippen molar-refractivity contribution in [1.29, 1.82) is 0 Å². The Bertz CT molecular complexity index is 426. The first-order valence-electron chi connectivity index (χ1n) is 3.96. The van der Waals surface area contributed by atoms with Crippen molar-refractivity contribution in [1.82, 2.24) is 0 Å². The van der Waals surface area contributed by atoms with Crippen LogP contribution in [-0.4, -0.2) is 14.2 Å². The molecule has 0 radical (unpaired) electrons. The zero-order valence-corrected chi connectivity index (χ0v) is 7.66. The third-order valence-electron chi connectivity index (χ3n) is 2.25. The molecular formula is C9H8O3S. The number of hydrogen-bond acceptors (Lipinski definition) is 3. The molecule has 2 rings (SSSR count). The van der Waals surface area contributed by atoms with E-state index in [9.17, 15) is 13.2 Å². The van der Waals surface area contributed by atoms with Gasteiger partial charge in [-0.1, -0.05) is 24.3 Å². The minimum Gasteiger partial charge on any atom is -0.294 e. The molecule has 0 amide bonds. The molecule has 1 atom stereocenters. The van der Waals surface area contributed by atoms with Gasteiger partial charge in [-0.2, -0.15) is 0 Å². The lowest BCUT2D eigenvalue weighted by Crippen LogP contribution is -1.95. The van der Waals surface area contributed by atoms with E-state index in [0.29, 0.717) is 11.1 Å². The minimum atomic E-state index is -2.54. The molecule has 13 heavy (non-hydrogen) atoms. The molecule has 0 spiro atoms. The summed E-state index contributed by atoms with van der Waals surface area (Å²) in [6.45, 7) is 0. The first kappa shape index (κ1) is 8.44. The molecule has 0 N–H and O–H groups in total. The fourth-order valence-electron chi connectivity index (χ4n) is 1.63. The topological polar surface area (TPSA) is 51.2 Å². The van der Waals surface area contributed by atoms with Gasteiger partial charge >= 0.3 is 0 Å². The Labute approximate surface area is 77.3 Å². The molecule has 0 fully saturated rings. The highest BCUT2D eigenvalue weighted by molar-refractivity contribution is 7.72. The van der Waals surface area contributed by atoms with Crippen LogP contribution < -0.4 is 0 Å². The summed E-state index contributed by atoms with van der Waals surface area (Å²) in [5.74, 6) is -0.0696. The third kappa shape index (κ3) is 1.27. The molecule has 1 unspecified atom stereocenters.